The van der Waals surface area contributed by atoms with E-state index >= 15 is 0 Å². The molecule has 0 bridgehead atoms. The number of carbonyl (C=O) groups excluding carboxylic acids is 3. The Hall–Kier alpha value is -3.51. The number of nitrogens with zero attached hydrogens (tertiary/aromatic N) is 3. The van der Waals surface area contributed by atoms with E-state index in [9.17, 15) is 9.59 Å². The van der Waals surface area contributed by atoms with E-state index in [2.05, 4.69) is 96.0 Å². The van der Waals surface area contributed by atoms with Crippen molar-refractivity contribution in [3.63, 3.8) is 0 Å². The van der Waals surface area contributed by atoms with Gasteiger partial charge < -0.3 is 32.3 Å². The number of aliphatic imine (C=N–C) groups is 1. The van der Waals surface area contributed by atoms with Gasteiger partial charge in [-0.15, -0.1) is 12.4 Å². The fourth-order valence-electron chi connectivity index (χ4n) is 5.85. The van der Waals surface area contributed by atoms with Crippen molar-refractivity contribution < 1.29 is 14.4 Å². The quantitative estimate of drug-likeness (QED) is 0.165. The number of hydrogen-bond acceptors (Lipinski definition) is 8. The van der Waals surface area contributed by atoms with Crippen molar-refractivity contribution in [2.24, 2.45) is 10.7 Å². The number of carbonyl (C=O) groups is 2. The number of nitrogens with one attached hydrogen (secondary N) is 5. The van der Waals surface area contributed by atoms with E-state index in [1.165, 1.54) is 17.2 Å². The maximum atomic E-state index is 11.4. The highest BCUT2D eigenvalue weighted by Gasteiger charge is 2.20. The SMILES string of the molecule is CCN=C=O.CCNC(=O)NC1CCN(Cc2ccccc2)CC1.CCNC(=O)NC1CCNCC1.Cl.NC1CCN(Cc2ccccc2)CC1. The number of hydrogen-bond donors (Lipinski definition) is 6. The molecule has 51 heavy (non-hydrogen) atoms. The molecule has 0 aromatic heterocycles. The van der Waals surface area contributed by atoms with Crippen LogP contribution in [0.5, 0.6) is 0 Å². The van der Waals surface area contributed by atoms with Crippen LogP contribution in [0.1, 0.15) is 70.4 Å². The zero-order valence-electron chi connectivity index (χ0n) is 31.1. The Balaban J connectivity index is 0.000000363. The van der Waals surface area contributed by atoms with E-state index in [1.807, 2.05) is 19.9 Å². The standard InChI is InChI=1S/C15H23N3O.C12H18N2.C8H17N3O.C3H5NO.ClH/c1-2-16-15(19)17-14-8-10-18(11-9-14)12-13-6-4-3-5-7-13;13-12-6-8-14(9-7-12)10-11-4-2-1-3-5-11;1-2-10-8(12)11-7-3-5-9-6-4-7;1-2-4-3-5;/h3-7,14H,2,8-12H2,1H3,(H2,16,17,19);1-5,12H,6-10,13H2;7,9H,2-6H2,1H3,(H2,10,11,12);2H2,1H3;1H. The van der Waals surface area contributed by atoms with E-state index in [0.717, 1.165) is 90.9 Å². The van der Waals surface area contributed by atoms with Gasteiger partial charge in [0, 0.05) is 63.9 Å². The molecule has 7 N–H and O–H groups in total. The minimum Gasteiger partial charge on any atom is -0.338 e. The molecule has 3 fully saturated rings. The molecule has 12 nitrogen and oxygen atoms in total. The van der Waals surface area contributed by atoms with Crippen LogP contribution in [0, 0.1) is 0 Å². The molecule has 286 valence electrons. The number of amides is 4. The van der Waals surface area contributed by atoms with Gasteiger partial charge in [0.15, 0.2) is 0 Å². The van der Waals surface area contributed by atoms with Crippen LogP contribution in [0.15, 0.2) is 65.7 Å². The summed E-state index contributed by atoms with van der Waals surface area (Å²) in [5, 5.41) is 14.7. The molecule has 2 aromatic carbocycles. The van der Waals surface area contributed by atoms with Gasteiger partial charge in [-0.25, -0.2) is 19.4 Å². The summed E-state index contributed by atoms with van der Waals surface area (Å²) in [4.78, 5) is 39.7. The zero-order valence-corrected chi connectivity index (χ0v) is 31.9. The Labute approximate surface area is 312 Å². The largest absolute Gasteiger partial charge is 0.338 e. The third-order valence-electron chi connectivity index (χ3n) is 8.62. The van der Waals surface area contributed by atoms with Crippen LogP contribution in [-0.2, 0) is 17.9 Å². The zero-order chi connectivity index (χ0) is 36.2. The lowest BCUT2D eigenvalue weighted by atomic mass is 10.0. The third-order valence-corrected chi connectivity index (χ3v) is 8.62. The van der Waals surface area contributed by atoms with Gasteiger partial charge in [-0.1, -0.05) is 60.7 Å². The van der Waals surface area contributed by atoms with Gasteiger partial charge in [-0.3, -0.25) is 9.80 Å². The lowest BCUT2D eigenvalue weighted by Gasteiger charge is -2.32. The van der Waals surface area contributed by atoms with Crippen molar-refractivity contribution in [2.45, 2.75) is 90.5 Å². The van der Waals surface area contributed by atoms with Crippen molar-refractivity contribution in [2.75, 3.05) is 58.9 Å². The first-order valence-electron chi connectivity index (χ1n) is 18.5. The summed E-state index contributed by atoms with van der Waals surface area (Å²) in [5.41, 5.74) is 8.63. The van der Waals surface area contributed by atoms with E-state index in [1.54, 1.807) is 6.92 Å². The summed E-state index contributed by atoms with van der Waals surface area (Å²) in [7, 11) is 0. The average molecular weight is 730 g/mol. The van der Waals surface area contributed by atoms with Crippen LogP contribution in [0.3, 0.4) is 0 Å². The van der Waals surface area contributed by atoms with E-state index in [-0.39, 0.29) is 24.5 Å². The molecule has 0 atom stereocenters. The molecule has 0 unspecified atom stereocenters. The second kappa shape index (κ2) is 29.1. The number of halogens is 1. The summed E-state index contributed by atoms with van der Waals surface area (Å²) >= 11 is 0. The number of benzene rings is 2. The van der Waals surface area contributed by atoms with Crippen molar-refractivity contribution in [3.05, 3.63) is 71.8 Å². The number of nitrogens with two attached hydrogens (primary N) is 1. The van der Waals surface area contributed by atoms with Crippen LogP contribution in [0.2, 0.25) is 0 Å². The Morgan fingerprint density at radius 3 is 1.51 bits per heavy atom. The van der Waals surface area contributed by atoms with Gasteiger partial charge in [0.25, 0.3) is 0 Å². The lowest BCUT2D eigenvalue weighted by molar-refractivity contribution is 0.187. The third kappa shape index (κ3) is 22.1. The highest BCUT2D eigenvalue weighted by Crippen LogP contribution is 2.14. The summed E-state index contributed by atoms with van der Waals surface area (Å²) in [6, 6.07) is 22.2. The van der Waals surface area contributed by atoms with Crippen molar-refractivity contribution >= 4 is 30.5 Å². The second-order valence-electron chi connectivity index (χ2n) is 12.7. The predicted octanol–water partition coefficient (Wildman–Crippen LogP) is 4.40. The molecule has 3 aliphatic heterocycles. The highest BCUT2D eigenvalue weighted by molar-refractivity contribution is 5.85. The van der Waals surface area contributed by atoms with Crippen LogP contribution in [0.25, 0.3) is 0 Å². The maximum Gasteiger partial charge on any atom is 0.314 e. The van der Waals surface area contributed by atoms with Crippen LogP contribution in [-0.4, -0.2) is 105 Å². The molecular formula is C38H64ClN9O3. The minimum atomic E-state index is -0.0380. The van der Waals surface area contributed by atoms with E-state index in [0.29, 0.717) is 37.8 Å². The Morgan fingerprint density at radius 1 is 0.725 bits per heavy atom. The lowest BCUT2D eigenvalue weighted by Crippen LogP contribution is -2.47. The summed E-state index contributed by atoms with van der Waals surface area (Å²) < 4.78 is 0. The predicted molar refractivity (Wildman–Crippen MR) is 210 cm³/mol. The molecular weight excluding hydrogens is 666 g/mol. The normalized spacial score (nSPS) is 16.8. The Bertz CT molecular complexity index is 1200. The average Bonchev–Trinajstić information content (AvgIpc) is 3.13. The van der Waals surface area contributed by atoms with Gasteiger partial charge >= 0.3 is 12.1 Å². The summed E-state index contributed by atoms with van der Waals surface area (Å²) in [6.07, 6.45) is 7.82. The molecule has 3 aliphatic rings. The van der Waals surface area contributed by atoms with Gasteiger partial charge in [0.2, 0.25) is 6.08 Å². The number of isocyanates is 1. The smallest absolute Gasteiger partial charge is 0.314 e. The van der Waals surface area contributed by atoms with E-state index < -0.39 is 0 Å². The topological polar surface area (TPSA) is 156 Å². The second-order valence-corrected chi connectivity index (χ2v) is 12.7. The first-order valence-corrected chi connectivity index (χ1v) is 18.5. The molecule has 2 aromatic rings. The van der Waals surface area contributed by atoms with Gasteiger partial charge in [0.05, 0.1) is 0 Å². The number of rotatable bonds is 9. The summed E-state index contributed by atoms with van der Waals surface area (Å²) in [5.74, 6) is 0. The Kier molecular flexibility index (Phi) is 26.0. The van der Waals surface area contributed by atoms with Crippen molar-refractivity contribution in [3.8, 4) is 0 Å². The summed E-state index contributed by atoms with van der Waals surface area (Å²) in [6.45, 7) is 16.1. The van der Waals surface area contributed by atoms with Crippen LogP contribution in [0.4, 0.5) is 9.59 Å². The van der Waals surface area contributed by atoms with Crippen molar-refractivity contribution in [1.82, 2.24) is 36.4 Å². The molecule has 13 heteroatoms. The van der Waals surface area contributed by atoms with Gasteiger partial charge in [-0.2, -0.15) is 0 Å². The Morgan fingerprint density at radius 2 is 1.14 bits per heavy atom. The fourth-order valence-corrected chi connectivity index (χ4v) is 5.85. The van der Waals surface area contributed by atoms with E-state index in [4.69, 9.17) is 10.5 Å². The van der Waals surface area contributed by atoms with Crippen LogP contribution >= 0.6 is 12.4 Å². The molecule has 0 aliphatic carbocycles. The number of urea groups is 2. The molecule has 4 amide bonds. The molecule has 3 heterocycles. The van der Waals surface area contributed by atoms with Gasteiger partial charge in [-0.05, 0) is 96.6 Å². The van der Waals surface area contributed by atoms with Crippen molar-refractivity contribution in [1.29, 1.82) is 0 Å². The first-order chi connectivity index (χ1) is 24.4. The molecule has 0 radical (unpaired) electrons. The molecule has 5 rings (SSSR count). The highest BCUT2D eigenvalue weighted by atomic mass is 35.5. The molecule has 3 saturated heterocycles. The van der Waals surface area contributed by atoms with Gasteiger partial charge in [0.1, 0.15) is 0 Å². The number of likely N-dealkylation sites (tertiary alicyclic amines) is 2. The van der Waals surface area contributed by atoms with Crippen LogP contribution < -0.4 is 32.3 Å². The fraction of sp³-hybridized carbons (Fsp3) is 0.605. The number of piperidine rings is 3. The molecule has 0 saturated carbocycles. The monoisotopic (exact) mass is 729 g/mol. The molecule has 0 spiro atoms. The first kappa shape index (κ1) is 45.5. The maximum absolute atomic E-state index is 11.4. The minimum absolute atomic E-state index is 0.